The number of aliphatic hydroxyl groups excluding tert-OH is 1. The number of amides is 1. The van der Waals surface area contributed by atoms with Crippen LogP contribution in [0.3, 0.4) is 0 Å². The summed E-state index contributed by atoms with van der Waals surface area (Å²) < 4.78 is 26.2. The highest BCUT2D eigenvalue weighted by atomic mass is 32.1. The first-order valence-electron chi connectivity index (χ1n) is 6.90. The van der Waals surface area contributed by atoms with Crippen LogP contribution >= 0.6 is 11.3 Å². The first-order chi connectivity index (χ1) is 10.6. The number of aliphatic hydroxyl groups is 1. The SMILES string of the molecule is O=C(c1cnc(-c2ccc(F)c(F)c2)s1)N1CCC(CO)C1. The Labute approximate surface area is 130 Å². The quantitative estimate of drug-likeness (QED) is 0.944. The highest BCUT2D eigenvalue weighted by Crippen LogP contribution is 2.28. The molecule has 7 heteroatoms. The Balaban J connectivity index is 1.78. The van der Waals surface area contributed by atoms with E-state index in [1.807, 2.05) is 0 Å². The lowest BCUT2D eigenvalue weighted by molar-refractivity contribution is 0.0786. The summed E-state index contributed by atoms with van der Waals surface area (Å²) in [7, 11) is 0. The van der Waals surface area contributed by atoms with Crippen LogP contribution in [0.5, 0.6) is 0 Å². The van der Waals surface area contributed by atoms with E-state index in [0.29, 0.717) is 28.5 Å². The van der Waals surface area contributed by atoms with Crippen LogP contribution in [0.4, 0.5) is 8.78 Å². The fourth-order valence-electron chi connectivity index (χ4n) is 2.46. The molecular weight excluding hydrogens is 310 g/mol. The summed E-state index contributed by atoms with van der Waals surface area (Å²) in [4.78, 5) is 18.6. The Morgan fingerprint density at radius 1 is 1.41 bits per heavy atom. The third-order valence-corrected chi connectivity index (χ3v) is 4.75. The molecule has 0 aliphatic carbocycles. The maximum Gasteiger partial charge on any atom is 0.265 e. The van der Waals surface area contributed by atoms with Crippen LogP contribution in [0.15, 0.2) is 24.4 Å². The van der Waals surface area contributed by atoms with Crippen LogP contribution in [-0.2, 0) is 0 Å². The number of thiazole rings is 1. The number of hydrogen-bond acceptors (Lipinski definition) is 4. The molecule has 1 unspecified atom stereocenters. The van der Waals surface area contributed by atoms with Gasteiger partial charge in [-0.3, -0.25) is 4.79 Å². The van der Waals surface area contributed by atoms with Crippen molar-refractivity contribution in [3.05, 3.63) is 40.9 Å². The van der Waals surface area contributed by atoms with Gasteiger partial charge in [-0.05, 0) is 24.6 Å². The van der Waals surface area contributed by atoms with Crippen molar-refractivity contribution in [2.75, 3.05) is 19.7 Å². The number of nitrogens with zero attached hydrogens (tertiary/aromatic N) is 2. The zero-order chi connectivity index (χ0) is 15.7. The molecule has 1 aliphatic rings. The van der Waals surface area contributed by atoms with Crippen LogP contribution in [0.1, 0.15) is 16.1 Å². The van der Waals surface area contributed by atoms with Gasteiger partial charge < -0.3 is 10.0 Å². The maximum absolute atomic E-state index is 13.3. The van der Waals surface area contributed by atoms with Crippen molar-refractivity contribution in [1.82, 2.24) is 9.88 Å². The van der Waals surface area contributed by atoms with Crippen molar-refractivity contribution in [3.63, 3.8) is 0 Å². The molecule has 2 aromatic rings. The van der Waals surface area contributed by atoms with Crippen LogP contribution in [0.2, 0.25) is 0 Å². The average Bonchev–Trinajstić information content (AvgIpc) is 3.18. The van der Waals surface area contributed by atoms with E-state index in [1.165, 1.54) is 12.3 Å². The van der Waals surface area contributed by atoms with Gasteiger partial charge in [0.2, 0.25) is 0 Å². The highest BCUT2D eigenvalue weighted by molar-refractivity contribution is 7.16. The second kappa shape index (κ2) is 6.10. The van der Waals surface area contributed by atoms with Crippen LogP contribution < -0.4 is 0 Å². The van der Waals surface area contributed by atoms with Gasteiger partial charge in [-0.2, -0.15) is 0 Å². The van der Waals surface area contributed by atoms with E-state index in [-0.39, 0.29) is 18.4 Å². The van der Waals surface area contributed by atoms with Gasteiger partial charge in [0.25, 0.3) is 5.91 Å². The van der Waals surface area contributed by atoms with Crippen molar-refractivity contribution >= 4 is 17.2 Å². The molecule has 2 heterocycles. The van der Waals surface area contributed by atoms with Crippen LogP contribution in [0, 0.1) is 17.6 Å². The van der Waals surface area contributed by atoms with E-state index in [2.05, 4.69) is 4.98 Å². The Morgan fingerprint density at radius 3 is 2.91 bits per heavy atom. The van der Waals surface area contributed by atoms with Gasteiger partial charge in [-0.25, -0.2) is 13.8 Å². The summed E-state index contributed by atoms with van der Waals surface area (Å²) in [5.41, 5.74) is 0.442. The summed E-state index contributed by atoms with van der Waals surface area (Å²) in [6.45, 7) is 1.22. The smallest absolute Gasteiger partial charge is 0.265 e. The maximum atomic E-state index is 13.3. The zero-order valence-electron chi connectivity index (χ0n) is 11.6. The predicted octanol–water partition coefficient (Wildman–Crippen LogP) is 2.54. The van der Waals surface area contributed by atoms with Crippen LogP contribution in [0.25, 0.3) is 10.6 Å². The normalized spacial score (nSPS) is 18.0. The third-order valence-electron chi connectivity index (χ3n) is 3.71. The summed E-state index contributed by atoms with van der Waals surface area (Å²) in [5, 5.41) is 9.60. The standard InChI is InChI=1S/C15H14F2N2O2S/c16-11-2-1-10(5-12(11)17)14-18-6-13(22-14)15(21)19-4-3-9(7-19)8-20/h1-2,5-6,9,20H,3-4,7-8H2. The van der Waals surface area contributed by atoms with Gasteiger partial charge in [-0.15, -0.1) is 11.3 Å². The zero-order valence-corrected chi connectivity index (χ0v) is 12.4. The fourth-order valence-corrected chi connectivity index (χ4v) is 3.34. The molecular formula is C15H14F2N2O2S. The number of halogens is 2. The van der Waals surface area contributed by atoms with Crippen molar-refractivity contribution in [3.8, 4) is 10.6 Å². The van der Waals surface area contributed by atoms with E-state index in [0.717, 1.165) is 29.9 Å². The van der Waals surface area contributed by atoms with Gasteiger partial charge in [-0.1, -0.05) is 0 Å². The molecule has 1 saturated heterocycles. The molecule has 0 saturated carbocycles. The molecule has 1 aliphatic heterocycles. The first-order valence-corrected chi connectivity index (χ1v) is 7.71. The molecule has 3 rings (SSSR count). The second-order valence-corrected chi connectivity index (χ2v) is 6.28. The molecule has 1 aromatic carbocycles. The van der Waals surface area contributed by atoms with E-state index in [4.69, 9.17) is 5.11 Å². The number of carbonyl (C=O) groups is 1. The third kappa shape index (κ3) is 2.86. The molecule has 0 spiro atoms. The van der Waals surface area contributed by atoms with Crippen molar-refractivity contribution in [1.29, 1.82) is 0 Å². The number of benzene rings is 1. The molecule has 1 fully saturated rings. The van der Waals surface area contributed by atoms with Crippen molar-refractivity contribution in [2.24, 2.45) is 5.92 Å². The number of hydrogen-bond donors (Lipinski definition) is 1. The predicted molar refractivity (Wildman–Crippen MR) is 78.6 cm³/mol. The molecule has 1 atom stereocenters. The Morgan fingerprint density at radius 2 is 2.23 bits per heavy atom. The number of rotatable bonds is 3. The minimum atomic E-state index is -0.939. The summed E-state index contributed by atoms with van der Waals surface area (Å²) in [6.07, 6.45) is 2.24. The largest absolute Gasteiger partial charge is 0.396 e. The monoisotopic (exact) mass is 324 g/mol. The van der Waals surface area contributed by atoms with Crippen LogP contribution in [-0.4, -0.2) is 40.6 Å². The van der Waals surface area contributed by atoms with E-state index >= 15 is 0 Å². The minimum Gasteiger partial charge on any atom is -0.396 e. The molecule has 0 bridgehead atoms. The number of likely N-dealkylation sites (tertiary alicyclic amines) is 1. The Hall–Kier alpha value is -1.86. The number of aromatic nitrogens is 1. The molecule has 1 aromatic heterocycles. The first kappa shape index (κ1) is 15.1. The Bertz CT molecular complexity index is 705. The molecule has 0 radical (unpaired) electrons. The van der Waals surface area contributed by atoms with Crippen molar-refractivity contribution in [2.45, 2.75) is 6.42 Å². The lowest BCUT2D eigenvalue weighted by atomic mass is 10.1. The molecule has 1 amide bonds. The minimum absolute atomic E-state index is 0.0760. The van der Waals surface area contributed by atoms with Gasteiger partial charge in [0, 0.05) is 31.2 Å². The van der Waals surface area contributed by atoms with Gasteiger partial charge in [0.1, 0.15) is 9.88 Å². The fraction of sp³-hybridized carbons (Fsp3) is 0.333. The Kier molecular flexibility index (Phi) is 4.17. The topological polar surface area (TPSA) is 53.4 Å². The lowest BCUT2D eigenvalue weighted by Crippen LogP contribution is -2.28. The molecule has 22 heavy (non-hydrogen) atoms. The molecule has 1 N–H and O–H groups in total. The summed E-state index contributed by atoms with van der Waals surface area (Å²) in [6, 6.07) is 3.54. The average molecular weight is 324 g/mol. The summed E-state index contributed by atoms with van der Waals surface area (Å²) >= 11 is 1.15. The number of carbonyl (C=O) groups excluding carboxylic acids is 1. The summed E-state index contributed by atoms with van der Waals surface area (Å²) in [5.74, 6) is -1.86. The molecule has 116 valence electrons. The van der Waals surface area contributed by atoms with Crippen molar-refractivity contribution < 1.29 is 18.7 Å². The van der Waals surface area contributed by atoms with E-state index < -0.39 is 11.6 Å². The highest BCUT2D eigenvalue weighted by Gasteiger charge is 2.27. The molecule has 4 nitrogen and oxygen atoms in total. The lowest BCUT2D eigenvalue weighted by Gasteiger charge is -2.14. The second-order valence-electron chi connectivity index (χ2n) is 5.25. The van der Waals surface area contributed by atoms with Gasteiger partial charge in [0.05, 0.1) is 6.20 Å². The van der Waals surface area contributed by atoms with Gasteiger partial charge in [0.15, 0.2) is 11.6 Å². The van der Waals surface area contributed by atoms with Gasteiger partial charge >= 0.3 is 0 Å². The van der Waals surface area contributed by atoms with E-state index in [1.54, 1.807) is 4.90 Å². The van der Waals surface area contributed by atoms with E-state index in [9.17, 15) is 13.6 Å².